The first-order chi connectivity index (χ1) is 9.69. The molecule has 0 spiro atoms. The zero-order chi connectivity index (χ0) is 14.1. The molecule has 4 nitrogen and oxygen atoms in total. The van der Waals surface area contributed by atoms with E-state index in [1.807, 2.05) is 31.2 Å². The van der Waals surface area contributed by atoms with Crippen molar-refractivity contribution >= 4 is 22.6 Å². The average Bonchev–Trinajstić information content (AvgIpc) is 2.48. The number of esters is 1. The van der Waals surface area contributed by atoms with Crippen LogP contribution in [0, 0.1) is 0 Å². The van der Waals surface area contributed by atoms with Crippen LogP contribution in [0.1, 0.15) is 31.0 Å². The maximum absolute atomic E-state index is 11.4. The number of nitrogens with zero attached hydrogens (tertiary/aromatic N) is 1. The zero-order valence-corrected chi connectivity index (χ0v) is 11.6. The van der Waals surface area contributed by atoms with E-state index in [1.54, 1.807) is 0 Å². The highest BCUT2D eigenvalue weighted by Crippen LogP contribution is 2.31. The molecule has 0 amide bonds. The monoisotopic (exact) mass is 270 g/mol. The maximum Gasteiger partial charge on any atom is 0.305 e. The van der Waals surface area contributed by atoms with Crippen molar-refractivity contribution < 1.29 is 9.53 Å². The number of fused-ring (bicyclic) bond motifs is 2. The summed E-state index contributed by atoms with van der Waals surface area (Å²) in [5.41, 5.74) is 10.1. The van der Waals surface area contributed by atoms with Gasteiger partial charge in [-0.1, -0.05) is 25.1 Å². The molecule has 2 N–H and O–H groups in total. The van der Waals surface area contributed by atoms with E-state index in [0.717, 1.165) is 40.7 Å². The van der Waals surface area contributed by atoms with E-state index in [2.05, 4.69) is 4.98 Å². The third-order valence-electron chi connectivity index (χ3n) is 3.84. The fourth-order valence-corrected chi connectivity index (χ4v) is 2.76. The van der Waals surface area contributed by atoms with Crippen LogP contribution in [0.3, 0.4) is 0 Å². The lowest BCUT2D eigenvalue weighted by Gasteiger charge is -2.25. The number of carbonyl (C=O) groups is 1. The van der Waals surface area contributed by atoms with Crippen LogP contribution in [0.15, 0.2) is 24.3 Å². The molecule has 1 aliphatic rings. The Labute approximate surface area is 117 Å². The topological polar surface area (TPSA) is 65.2 Å². The molecule has 1 atom stereocenters. The summed E-state index contributed by atoms with van der Waals surface area (Å²) >= 11 is 0. The van der Waals surface area contributed by atoms with Gasteiger partial charge in [-0.25, -0.2) is 0 Å². The summed E-state index contributed by atoms with van der Waals surface area (Å²) in [5.74, 6) is -0.147. The number of hydrogen-bond acceptors (Lipinski definition) is 4. The maximum atomic E-state index is 11.4. The van der Waals surface area contributed by atoms with Crippen molar-refractivity contribution in [1.82, 2.24) is 4.98 Å². The van der Waals surface area contributed by atoms with Gasteiger partial charge >= 0.3 is 5.97 Å². The van der Waals surface area contributed by atoms with Crippen molar-refractivity contribution in [2.75, 3.05) is 5.73 Å². The first kappa shape index (κ1) is 12.9. The lowest BCUT2D eigenvalue weighted by Crippen LogP contribution is -2.26. The summed E-state index contributed by atoms with van der Waals surface area (Å²) < 4.78 is 5.44. The minimum absolute atomic E-state index is 0.0692. The van der Waals surface area contributed by atoms with Crippen molar-refractivity contribution in [3.63, 3.8) is 0 Å². The number of ether oxygens (including phenoxy) is 1. The molecule has 0 saturated carbocycles. The standard InChI is InChI=1S/C16H18N2O2/c1-2-15(19)20-10-7-8-14-12(9-10)16(17)11-5-3-4-6-13(11)18-14/h3-6,10H,2,7-9H2,1H3,(H2,17,18). The van der Waals surface area contributed by atoms with Gasteiger partial charge in [0.1, 0.15) is 6.10 Å². The molecular formula is C16H18N2O2. The Morgan fingerprint density at radius 3 is 3.05 bits per heavy atom. The Balaban J connectivity index is 1.96. The fraction of sp³-hybridized carbons (Fsp3) is 0.375. The highest BCUT2D eigenvalue weighted by molar-refractivity contribution is 5.92. The van der Waals surface area contributed by atoms with Crippen LogP contribution in [0.25, 0.3) is 10.9 Å². The van der Waals surface area contributed by atoms with Crippen LogP contribution in [0.4, 0.5) is 5.69 Å². The highest BCUT2D eigenvalue weighted by atomic mass is 16.5. The number of aryl methyl sites for hydroxylation is 1. The second-order valence-corrected chi connectivity index (χ2v) is 5.18. The lowest BCUT2D eigenvalue weighted by molar-refractivity contribution is -0.149. The van der Waals surface area contributed by atoms with Crippen molar-refractivity contribution in [1.29, 1.82) is 0 Å². The second kappa shape index (κ2) is 5.12. The normalized spacial score (nSPS) is 17.8. The summed E-state index contributed by atoms with van der Waals surface area (Å²) in [5, 5.41) is 0.980. The van der Waals surface area contributed by atoms with Gasteiger partial charge in [0, 0.05) is 35.2 Å². The molecule has 1 aromatic carbocycles. The van der Waals surface area contributed by atoms with Gasteiger partial charge in [-0.15, -0.1) is 0 Å². The summed E-state index contributed by atoms with van der Waals surface area (Å²) in [4.78, 5) is 16.1. The molecule has 104 valence electrons. The van der Waals surface area contributed by atoms with E-state index in [9.17, 15) is 4.79 Å². The predicted molar refractivity (Wildman–Crippen MR) is 78.4 cm³/mol. The number of para-hydroxylation sites is 1. The summed E-state index contributed by atoms with van der Waals surface area (Å²) in [7, 11) is 0. The summed E-state index contributed by atoms with van der Waals surface area (Å²) in [6.07, 6.45) is 2.65. The Morgan fingerprint density at radius 2 is 2.25 bits per heavy atom. The molecule has 4 heteroatoms. The quantitative estimate of drug-likeness (QED) is 0.852. The van der Waals surface area contributed by atoms with E-state index in [-0.39, 0.29) is 12.1 Å². The first-order valence-corrected chi connectivity index (χ1v) is 7.04. The number of pyridine rings is 1. The average molecular weight is 270 g/mol. The number of anilines is 1. The molecule has 20 heavy (non-hydrogen) atoms. The fourth-order valence-electron chi connectivity index (χ4n) is 2.76. The molecule has 3 rings (SSSR count). The molecule has 2 aromatic rings. The van der Waals surface area contributed by atoms with Crippen molar-refractivity contribution in [3.8, 4) is 0 Å². The van der Waals surface area contributed by atoms with Gasteiger partial charge in [0.05, 0.1) is 5.52 Å². The number of rotatable bonds is 2. The van der Waals surface area contributed by atoms with Crippen LogP contribution < -0.4 is 5.73 Å². The highest BCUT2D eigenvalue weighted by Gasteiger charge is 2.25. The molecule has 1 unspecified atom stereocenters. The second-order valence-electron chi connectivity index (χ2n) is 5.18. The molecule has 1 aromatic heterocycles. The van der Waals surface area contributed by atoms with Crippen LogP contribution in [0.5, 0.6) is 0 Å². The number of aromatic nitrogens is 1. The van der Waals surface area contributed by atoms with E-state index in [4.69, 9.17) is 10.5 Å². The van der Waals surface area contributed by atoms with Gasteiger partial charge in [-0.2, -0.15) is 0 Å². The van der Waals surface area contributed by atoms with Crippen molar-refractivity contribution in [3.05, 3.63) is 35.5 Å². The van der Waals surface area contributed by atoms with Gasteiger partial charge in [0.2, 0.25) is 0 Å². The molecule has 0 aliphatic heterocycles. The molecule has 0 fully saturated rings. The number of hydrogen-bond donors (Lipinski definition) is 1. The van der Waals surface area contributed by atoms with Crippen LogP contribution >= 0.6 is 0 Å². The van der Waals surface area contributed by atoms with Crippen LogP contribution in [-0.2, 0) is 22.4 Å². The SMILES string of the molecule is CCC(=O)OC1CCc2nc3ccccc3c(N)c2C1. The zero-order valence-electron chi connectivity index (χ0n) is 11.6. The van der Waals surface area contributed by atoms with Crippen LogP contribution in [0.2, 0.25) is 0 Å². The molecular weight excluding hydrogens is 252 g/mol. The molecule has 1 heterocycles. The number of benzene rings is 1. The van der Waals surface area contributed by atoms with Gasteiger partial charge in [-0.05, 0) is 18.9 Å². The Kier molecular flexibility index (Phi) is 3.30. The number of nitrogens with two attached hydrogens (primary N) is 1. The van der Waals surface area contributed by atoms with Crippen LogP contribution in [-0.4, -0.2) is 17.1 Å². The third kappa shape index (κ3) is 2.22. The smallest absolute Gasteiger partial charge is 0.305 e. The number of carbonyl (C=O) groups excluding carboxylic acids is 1. The van der Waals surface area contributed by atoms with E-state index in [1.165, 1.54) is 0 Å². The first-order valence-electron chi connectivity index (χ1n) is 7.04. The van der Waals surface area contributed by atoms with E-state index in [0.29, 0.717) is 12.8 Å². The minimum atomic E-state index is -0.147. The van der Waals surface area contributed by atoms with Gasteiger partial charge in [-0.3, -0.25) is 9.78 Å². The minimum Gasteiger partial charge on any atom is -0.462 e. The van der Waals surface area contributed by atoms with Crippen molar-refractivity contribution in [2.24, 2.45) is 0 Å². The van der Waals surface area contributed by atoms with E-state index >= 15 is 0 Å². The summed E-state index contributed by atoms with van der Waals surface area (Å²) in [6.45, 7) is 1.81. The lowest BCUT2D eigenvalue weighted by atomic mass is 9.91. The summed E-state index contributed by atoms with van der Waals surface area (Å²) in [6, 6.07) is 7.90. The van der Waals surface area contributed by atoms with Gasteiger partial charge in [0.15, 0.2) is 0 Å². The molecule has 0 bridgehead atoms. The number of nitrogen functional groups attached to an aromatic ring is 1. The Hall–Kier alpha value is -2.10. The molecule has 1 aliphatic carbocycles. The largest absolute Gasteiger partial charge is 0.462 e. The van der Waals surface area contributed by atoms with Crippen molar-refractivity contribution in [2.45, 2.75) is 38.7 Å². The van der Waals surface area contributed by atoms with Gasteiger partial charge < -0.3 is 10.5 Å². The van der Waals surface area contributed by atoms with E-state index < -0.39 is 0 Å². The van der Waals surface area contributed by atoms with Gasteiger partial charge in [0.25, 0.3) is 0 Å². The molecule has 0 saturated heterocycles. The third-order valence-corrected chi connectivity index (χ3v) is 3.84. The molecule has 0 radical (unpaired) electrons. The predicted octanol–water partition coefficient (Wildman–Crippen LogP) is 2.63. The Bertz CT molecular complexity index is 667. The Morgan fingerprint density at radius 1 is 1.45 bits per heavy atom.